The number of hydrogen-bond donors (Lipinski definition) is 0. The van der Waals surface area contributed by atoms with Crippen LogP contribution >= 0.6 is 31.9 Å². The minimum absolute atomic E-state index is 0.0745. The number of nitrogens with zero attached hydrogens (tertiary/aromatic N) is 1. The van der Waals surface area contributed by atoms with Crippen LogP contribution in [0.2, 0.25) is 0 Å². The minimum Gasteiger partial charge on any atom is -0.342 e. The Bertz CT molecular complexity index is 412. The average molecular weight is 381 g/mol. The van der Waals surface area contributed by atoms with Gasteiger partial charge in [0.1, 0.15) is 5.82 Å². The first-order chi connectivity index (χ1) is 8.56. The lowest BCUT2D eigenvalue weighted by molar-refractivity contribution is 0.0792. The second kappa shape index (κ2) is 7.89. The van der Waals surface area contributed by atoms with E-state index in [1.54, 1.807) is 11.9 Å². The Labute approximate surface area is 124 Å². The summed E-state index contributed by atoms with van der Waals surface area (Å²) >= 11 is 6.46. The maximum atomic E-state index is 13.1. The molecule has 0 saturated heterocycles. The van der Waals surface area contributed by atoms with Crippen LogP contribution in [0.3, 0.4) is 0 Å². The Morgan fingerprint density at radius 3 is 2.67 bits per heavy atom. The highest BCUT2D eigenvalue weighted by Crippen LogP contribution is 2.17. The molecule has 100 valence electrons. The highest BCUT2D eigenvalue weighted by molar-refractivity contribution is 9.10. The van der Waals surface area contributed by atoms with E-state index in [1.165, 1.54) is 18.2 Å². The molecule has 1 aromatic carbocycles. The topological polar surface area (TPSA) is 20.3 Å². The summed E-state index contributed by atoms with van der Waals surface area (Å²) in [5.74, 6) is -0.430. The summed E-state index contributed by atoms with van der Waals surface area (Å²) in [6.45, 7) is 0.723. The van der Waals surface area contributed by atoms with Crippen LogP contribution in [0.1, 0.15) is 29.6 Å². The molecule has 0 radical (unpaired) electrons. The summed E-state index contributed by atoms with van der Waals surface area (Å²) in [4.78, 5) is 13.7. The molecule has 1 rings (SSSR count). The number of benzene rings is 1. The number of unbranched alkanes of at least 4 members (excludes halogenated alkanes) is 2. The average Bonchev–Trinajstić information content (AvgIpc) is 2.37. The molecule has 0 bridgehead atoms. The van der Waals surface area contributed by atoms with E-state index in [-0.39, 0.29) is 11.7 Å². The molecule has 0 spiro atoms. The van der Waals surface area contributed by atoms with E-state index < -0.39 is 0 Å². The third-order valence-electron chi connectivity index (χ3n) is 2.64. The van der Waals surface area contributed by atoms with Crippen molar-refractivity contribution in [1.29, 1.82) is 0 Å². The zero-order chi connectivity index (χ0) is 13.5. The standard InChI is InChI=1S/C13H16Br2FNO/c1-17(8-4-2-3-7-14)13(18)10-5-6-12(16)11(15)9-10/h5-6,9H,2-4,7-8H2,1H3. The maximum absolute atomic E-state index is 13.1. The highest BCUT2D eigenvalue weighted by Gasteiger charge is 2.12. The van der Waals surface area contributed by atoms with E-state index in [2.05, 4.69) is 31.9 Å². The Hall–Kier alpha value is -0.420. The van der Waals surface area contributed by atoms with Gasteiger partial charge in [-0.2, -0.15) is 0 Å². The third-order valence-corrected chi connectivity index (χ3v) is 3.81. The van der Waals surface area contributed by atoms with Gasteiger partial charge in [0.2, 0.25) is 0 Å². The lowest BCUT2D eigenvalue weighted by Gasteiger charge is -2.17. The van der Waals surface area contributed by atoms with Gasteiger partial charge in [0.05, 0.1) is 4.47 Å². The number of carbonyl (C=O) groups excluding carboxylic acids is 1. The van der Waals surface area contributed by atoms with E-state index in [0.717, 1.165) is 31.1 Å². The lowest BCUT2D eigenvalue weighted by atomic mass is 10.2. The molecule has 0 aromatic heterocycles. The lowest BCUT2D eigenvalue weighted by Crippen LogP contribution is -2.27. The largest absolute Gasteiger partial charge is 0.342 e. The molecule has 1 amide bonds. The molecule has 18 heavy (non-hydrogen) atoms. The first-order valence-electron chi connectivity index (χ1n) is 5.82. The van der Waals surface area contributed by atoms with Crippen molar-refractivity contribution in [3.8, 4) is 0 Å². The molecule has 0 fully saturated rings. The molecule has 0 N–H and O–H groups in total. The van der Waals surface area contributed by atoms with Crippen molar-refractivity contribution in [3.63, 3.8) is 0 Å². The number of halogens is 3. The van der Waals surface area contributed by atoms with Gasteiger partial charge in [0.15, 0.2) is 0 Å². The zero-order valence-electron chi connectivity index (χ0n) is 10.3. The van der Waals surface area contributed by atoms with E-state index in [9.17, 15) is 9.18 Å². The summed E-state index contributed by atoms with van der Waals surface area (Å²) in [7, 11) is 1.77. The third kappa shape index (κ3) is 4.69. The van der Waals surface area contributed by atoms with Crippen LogP contribution in [-0.2, 0) is 0 Å². The normalized spacial score (nSPS) is 10.4. The molecule has 1 aromatic rings. The quantitative estimate of drug-likeness (QED) is 0.534. The molecule has 0 heterocycles. The highest BCUT2D eigenvalue weighted by atomic mass is 79.9. The van der Waals surface area contributed by atoms with Gasteiger partial charge >= 0.3 is 0 Å². The molecule has 2 nitrogen and oxygen atoms in total. The Morgan fingerprint density at radius 1 is 1.33 bits per heavy atom. The van der Waals surface area contributed by atoms with E-state index >= 15 is 0 Å². The Kier molecular flexibility index (Phi) is 6.86. The van der Waals surface area contributed by atoms with Gasteiger partial charge < -0.3 is 4.90 Å². The number of rotatable bonds is 6. The van der Waals surface area contributed by atoms with Gasteiger partial charge in [-0.1, -0.05) is 22.4 Å². The van der Waals surface area contributed by atoms with Crippen molar-refractivity contribution < 1.29 is 9.18 Å². The van der Waals surface area contributed by atoms with Crippen molar-refractivity contribution in [1.82, 2.24) is 4.90 Å². The molecule has 0 unspecified atom stereocenters. The van der Waals surface area contributed by atoms with Crippen molar-refractivity contribution in [3.05, 3.63) is 34.1 Å². The van der Waals surface area contributed by atoms with E-state index in [4.69, 9.17) is 0 Å². The number of hydrogen-bond acceptors (Lipinski definition) is 1. The van der Waals surface area contributed by atoms with Crippen LogP contribution in [0, 0.1) is 5.82 Å². The van der Waals surface area contributed by atoms with Gasteiger partial charge in [-0.3, -0.25) is 4.79 Å². The van der Waals surface area contributed by atoms with E-state index in [0.29, 0.717) is 10.0 Å². The number of carbonyl (C=O) groups is 1. The smallest absolute Gasteiger partial charge is 0.253 e. The monoisotopic (exact) mass is 379 g/mol. The molecular formula is C13H16Br2FNO. The number of amides is 1. The van der Waals surface area contributed by atoms with Crippen LogP contribution in [-0.4, -0.2) is 29.7 Å². The summed E-state index contributed by atoms with van der Waals surface area (Å²) in [5, 5.41) is 0.996. The SMILES string of the molecule is CN(CCCCCBr)C(=O)c1ccc(F)c(Br)c1. The van der Waals surface area contributed by atoms with Gasteiger partial charge in [-0.15, -0.1) is 0 Å². The fourth-order valence-corrected chi connectivity index (χ4v) is 2.35. The molecule has 5 heteroatoms. The fourth-order valence-electron chi connectivity index (χ4n) is 1.57. The van der Waals surface area contributed by atoms with Crippen molar-refractivity contribution >= 4 is 37.8 Å². The molecule has 0 aliphatic carbocycles. The van der Waals surface area contributed by atoms with Gasteiger partial charge in [0, 0.05) is 24.5 Å². The zero-order valence-corrected chi connectivity index (χ0v) is 13.4. The Balaban J connectivity index is 2.54. The molecule has 0 saturated carbocycles. The second-order valence-corrected chi connectivity index (χ2v) is 5.75. The van der Waals surface area contributed by atoms with Gasteiger partial charge in [-0.05, 0) is 47.0 Å². The van der Waals surface area contributed by atoms with Crippen LogP contribution < -0.4 is 0 Å². The molecule has 0 aliphatic rings. The summed E-state index contributed by atoms with van der Waals surface area (Å²) in [5.41, 5.74) is 0.506. The van der Waals surface area contributed by atoms with E-state index in [1.807, 2.05) is 0 Å². The number of alkyl halides is 1. The summed E-state index contributed by atoms with van der Waals surface area (Å²) in [6.07, 6.45) is 3.19. The fraction of sp³-hybridized carbons (Fsp3) is 0.462. The van der Waals surface area contributed by atoms with Crippen molar-refractivity contribution in [2.45, 2.75) is 19.3 Å². The summed E-state index contributed by atoms with van der Waals surface area (Å²) in [6, 6.07) is 4.33. The van der Waals surface area contributed by atoms with Crippen LogP contribution in [0.25, 0.3) is 0 Å². The predicted molar refractivity (Wildman–Crippen MR) is 78.7 cm³/mol. The first kappa shape index (κ1) is 15.6. The van der Waals surface area contributed by atoms with Crippen LogP contribution in [0.15, 0.2) is 22.7 Å². The molecular weight excluding hydrogens is 365 g/mol. The summed E-state index contributed by atoms with van der Waals surface area (Å²) < 4.78 is 13.4. The Morgan fingerprint density at radius 2 is 2.06 bits per heavy atom. The van der Waals surface area contributed by atoms with Crippen LogP contribution in [0.4, 0.5) is 4.39 Å². The molecule has 0 aliphatic heterocycles. The van der Waals surface area contributed by atoms with Gasteiger partial charge in [0.25, 0.3) is 5.91 Å². The maximum Gasteiger partial charge on any atom is 0.253 e. The second-order valence-electron chi connectivity index (χ2n) is 4.11. The van der Waals surface area contributed by atoms with Crippen molar-refractivity contribution in [2.75, 3.05) is 18.9 Å². The first-order valence-corrected chi connectivity index (χ1v) is 7.74. The predicted octanol–water partition coefficient (Wildman–Crippen LogP) is 4.23. The molecule has 0 atom stereocenters. The van der Waals surface area contributed by atoms with Crippen LogP contribution in [0.5, 0.6) is 0 Å². The van der Waals surface area contributed by atoms with Crippen molar-refractivity contribution in [2.24, 2.45) is 0 Å². The minimum atomic E-state index is -0.355. The van der Waals surface area contributed by atoms with Gasteiger partial charge in [-0.25, -0.2) is 4.39 Å².